The number of carbonyl (C=O) groups is 2. The number of nitrogens with zero attached hydrogens (tertiary/aromatic N) is 1. The third kappa shape index (κ3) is 5.99. The van der Waals surface area contributed by atoms with Crippen molar-refractivity contribution in [3.63, 3.8) is 0 Å². The van der Waals surface area contributed by atoms with Crippen LogP contribution in [0.2, 0.25) is 5.02 Å². The molecule has 1 saturated heterocycles. The first-order valence-corrected chi connectivity index (χ1v) is 14.2. The van der Waals surface area contributed by atoms with Crippen LogP contribution in [-0.4, -0.2) is 42.0 Å². The molecule has 1 aromatic heterocycles. The number of benzene rings is 2. The summed E-state index contributed by atoms with van der Waals surface area (Å²) < 4.78 is 7.16. The molecule has 2 aliphatic rings. The standard InChI is InChI=1S/C31H35ClN4O4/c1-3-28(37)23-12-10-21(32)14-24(23)25-16-30(38)36(18-29(25)40-2)27(13-19-7-5-4-6-8-19)31(39)34-22-11-9-20-17-33-35-26(20)15-22/h4-8,10,12,14,16,18,20,22,26-27,33,35H,3,9,11,13,15,17H2,1-2H3,(H,34,39). The Balaban J connectivity index is 1.51. The number of carbonyl (C=O) groups excluding carboxylic acids is 2. The average molecular weight is 563 g/mol. The van der Waals surface area contributed by atoms with Crippen molar-refractivity contribution >= 4 is 23.3 Å². The van der Waals surface area contributed by atoms with Crippen LogP contribution in [0.25, 0.3) is 11.1 Å². The predicted octanol–water partition coefficient (Wildman–Crippen LogP) is 4.32. The number of fused-ring (bicyclic) bond motifs is 1. The largest absolute Gasteiger partial charge is 0.495 e. The number of hydrazine groups is 1. The second kappa shape index (κ2) is 12.4. The Kier molecular flexibility index (Phi) is 8.69. The number of nitrogens with one attached hydrogen (secondary N) is 3. The maximum absolute atomic E-state index is 13.8. The molecule has 4 atom stereocenters. The number of Topliss-reactive ketones (excluding diaryl/α,β-unsaturated/α-hetero) is 1. The zero-order chi connectivity index (χ0) is 28.2. The van der Waals surface area contributed by atoms with Crippen molar-refractivity contribution < 1.29 is 14.3 Å². The summed E-state index contributed by atoms with van der Waals surface area (Å²) in [5.74, 6) is 0.670. The molecule has 40 heavy (non-hydrogen) atoms. The van der Waals surface area contributed by atoms with Crippen molar-refractivity contribution in [3.8, 4) is 16.9 Å². The molecule has 3 aromatic rings. The summed E-state index contributed by atoms with van der Waals surface area (Å²) in [5, 5.41) is 3.67. The summed E-state index contributed by atoms with van der Waals surface area (Å²) >= 11 is 6.29. The van der Waals surface area contributed by atoms with Gasteiger partial charge in [-0.3, -0.25) is 29.8 Å². The molecule has 3 N–H and O–H groups in total. The number of pyridine rings is 1. The van der Waals surface area contributed by atoms with Crippen LogP contribution in [0.4, 0.5) is 0 Å². The summed E-state index contributed by atoms with van der Waals surface area (Å²) in [6.07, 6.45) is 4.98. The van der Waals surface area contributed by atoms with Crippen LogP contribution < -0.4 is 26.5 Å². The van der Waals surface area contributed by atoms with E-state index in [2.05, 4.69) is 16.2 Å². The summed E-state index contributed by atoms with van der Waals surface area (Å²) in [6, 6.07) is 15.6. The highest BCUT2D eigenvalue weighted by Gasteiger charge is 2.35. The highest BCUT2D eigenvalue weighted by atomic mass is 35.5. The Bertz CT molecular complexity index is 1440. The third-order valence-electron chi connectivity index (χ3n) is 8.06. The second-order valence-corrected chi connectivity index (χ2v) is 11.0. The zero-order valence-corrected chi connectivity index (χ0v) is 23.5. The van der Waals surface area contributed by atoms with E-state index in [0.29, 0.717) is 52.3 Å². The number of hydrogen-bond donors (Lipinski definition) is 3. The number of aromatic nitrogens is 1. The number of ketones is 1. The minimum Gasteiger partial charge on any atom is -0.495 e. The number of hydrogen-bond acceptors (Lipinski definition) is 6. The summed E-state index contributed by atoms with van der Waals surface area (Å²) in [4.78, 5) is 40.2. The summed E-state index contributed by atoms with van der Waals surface area (Å²) in [7, 11) is 1.51. The van der Waals surface area contributed by atoms with E-state index in [1.54, 1.807) is 31.3 Å². The van der Waals surface area contributed by atoms with Gasteiger partial charge in [0.1, 0.15) is 11.8 Å². The van der Waals surface area contributed by atoms with E-state index < -0.39 is 6.04 Å². The maximum atomic E-state index is 13.8. The molecule has 2 aromatic carbocycles. The van der Waals surface area contributed by atoms with Gasteiger partial charge in [0.15, 0.2) is 5.78 Å². The Morgan fingerprint density at radius 1 is 1.12 bits per heavy atom. The third-order valence-corrected chi connectivity index (χ3v) is 8.29. The van der Waals surface area contributed by atoms with Crippen LogP contribution in [0.3, 0.4) is 0 Å². The van der Waals surface area contributed by atoms with Gasteiger partial charge in [0.25, 0.3) is 5.56 Å². The summed E-state index contributed by atoms with van der Waals surface area (Å²) in [5.41, 5.74) is 8.57. The van der Waals surface area contributed by atoms with Gasteiger partial charge in [0.2, 0.25) is 5.91 Å². The Hall–Kier alpha value is -3.46. The predicted molar refractivity (Wildman–Crippen MR) is 156 cm³/mol. The normalized spacial score (nSPS) is 20.9. The Labute approximate surface area is 239 Å². The summed E-state index contributed by atoms with van der Waals surface area (Å²) in [6.45, 7) is 2.73. The molecule has 1 aliphatic heterocycles. The highest BCUT2D eigenvalue weighted by molar-refractivity contribution is 6.31. The van der Waals surface area contributed by atoms with Gasteiger partial charge < -0.3 is 10.1 Å². The molecule has 5 rings (SSSR count). The van der Waals surface area contributed by atoms with Gasteiger partial charge in [0, 0.05) is 53.7 Å². The second-order valence-electron chi connectivity index (χ2n) is 10.6. The van der Waals surface area contributed by atoms with Gasteiger partial charge in [0.05, 0.1) is 13.3 Å². The Morgan fingerprint density at radius 2 is 1.93 bits per heavy atom. The molecule has 0 spiro atoms. The first-order valence-electron chi connectivity index (χ1n) is 13.8. The van der Waals surface area contributed by atoms with E-state index in [4.69, 9.17) is 16.3 Å². The molecule has 1 aliphatic carbocycles. The molecule has 1 saturated carbocycles. The molecular formula is C31H35ClN4O4. The lowest BCUT2D eigenvalue weighted by Gasteiger charge is -2.32. The molecule has 8 nitrogen and oxygen atoms in total. The van der Waals surface area contributed by atoms with Crippen molar-refractivity contribution in [3.05, 3.63) is 87.3 Å². The molecule has 4 unspecified atom stereocenters. The molecule has 0 radical (unpaired) electrons. The lowest BCUT2D eigenvalue weighted by molar-refractivity contribution is -0.125. The minimum atomic E-state index is -0.790. The molecule has 1 amide bonds. The molecule has 2 fully saturated rings. The van der Waals surface area contributed by atoms with E-state index in [9.17, 15) is 14.4 Å². The highest BCUT2D eigenvalue weighted by Crippen LogP contribution is 2.34. The van der Waals surface area contributed by atoms with Crippen LogP contribution >= 0.6 is 11.6 Å². The molecule has 2 heterocycles. The maximum Gasteiger partial charge on any atom is 0.252 e. The lowest BCUT2D eigenvalue weighted by atomic mass is 9.83. The van der Waals surface area contributed by atoms with Crippen LogP contribution in [0.1, 0.15) is 54.6 Å². The molecule has 9 heteroatoms. The van der Waals surface area contributed by atoms with Crippen LogP contribution in [0.5, 0.6) is 5.75 Å². The van der Waals surface area contributed by atoms with Gasteiger partial charge in [-0.1, -0.05) is 48.9 Å². The smallest absolute Gasteiger partial charge is 0.252 e. The van der Waals surface area contributed by atoms with Gasteiger partial charge in [-0.15, -0.1) is 0 Å². The number of methoxy groups -OCH3 is 1. The fourth-order valence-electron chi connectivity index (χ4n) is 5.88. The van der Waals surface area contributed by atoms with Gasteiger partial charge >= 0.3 is 0 Å². The van der Waals surface area contributed by atoms with E-state index in [-0.39, 0.29) is 23.3 Å². The number of ether oxygens (including phenoxy) is 1. The topological polar surface area (TPSA) is 101 Å². The van der Waals surface area contributed by atoms with Crippen LogP contribution in [0, 0.1) is 5.92 Å². The van der Waals surface area contributed by atoms with Crippen molar-refractivity contribution in [1.82, 2.24) is 20.7 Å². The van der Waals surface area contributed by atoms with E-state index in [1.807, 2.05) is 30.3 Å². The molecular weight excluding hydrogens is 528 g/mol. The van der Waals surface area contributed by atoms with Crippen molar-refractivity contribution in [2.45, 2.75) is 57.2 Å². The van der Waals surface area contributed by atoms with Gasteiger partial charge in [-0.05, 0) is 54.5 Å². The van der Waals surface area contributed by atoms with Crippen LogP contribution in [0.15, 0.2) is 65.6 Å². The first kappa shape index (κ1) is 28.1. The first-order chi connectivity index (χ1) is 19.4. The minimum absolute atomic E-state index is 0.0189. The van der Waals surface area contributed by atoms with Crippen LogP contribution in [-0.2, 0) is 11.2 Å². The monoisotopic (exact) mass is 562 g/mol. The average Bonchev–Trinajstić information content (AvgIpc) is 3.44. The quantitative estimate of drug-likeness (QED) is 0.336. The fraction of sp³-hybridized carbons (Fsp3) is 0.387. The van der Waals surface area contributed by atoms with E-state index in [0.717, 1.165) is 31.4 Å². The number of rotatable bonds is 9. The van der Waals surface area contributed by atoms with Crippen molar-refractivity contribution in [1.29, 1.82) is 0 Å². The lowest BCUT2D eigenvalue weighted by Crippen LogP contribution is -2.48. The van der Waals surface area contributed by atoms with Crippen molar-refractivity contribution in [2.75, 3.05) is 13.7 Å². The number of halogens is 1. The van der Waals surface area contributed by atoms with E-state index in [1.165, 1.54) is 17.7 Å². The zero-order valence-electron chi connectivity index (χ0n) is 22.8. The van der Waals surface area contributed by atoms with E-state index >= 15 is 0 Å². The SMILES string of the molecule is CCC(=O)c1ccc(Cl)cc1-c1cc(=O)n(C(Cc2ccccc2)C(=O)NC2CCC3CNNC3C2)cc1OC. The fourth-order valence-corrected chi connectivity index (χ4v) is 6.05. The molecule has 210 valence electrons. The molecule has 0 bridgehead atoms. The Morgan fingerprint density at radius 3 is 2.67 bits per heavy atom. The van der Waals surface area contributed by atoms with Gasteiger partial charge in [-0.2, -0.15) is 0 Å². The van der Waals surface area contributed by atoms with Crippen molar-refractivity contribution in [2.24, 2.45) is 5.92 Å². The van der Waals surface area contributed by atoms with Gasteiger partial charge in [-0.25, -0.2) is 0 Å². The number of amides is 1.